The molecule has 0 aromatic heterocycles. The van der Waals surface area contributed by atoms with Gasteiger partial charge in [-0.3, -0.25) is 4.55 Å². The highest BCUT2D eigenvalue weighted by molar-refractivity contribution is 7.85. The van der Waals surface area contributed by atoms with Gasteiger partial charge in [0.2, 0.25) is 0 Å². The van der Waals surface area contributed by atoms with Crippen LogP contribution in [-0.2, 0) is 10.1 Å². The Balaban J connectivity index is 3.14. The first kappa shape index (κ1) is 11.1. The second-order valence-electron chi connectivity index (χ2n) is 3.32. The van der Waals surface area contributed by atoms with Crippen molar-refractivity contribution in [3.8, 4) is 0 Å². The summed E-state index contributed by atoms with van der Waals surface area (Å²) in [6, 6.07) is 5.14. The van der Waals surface area contributed by atoms with Gasteiger partial charge in [0.05, 0.1) is 19.0 Å². The number of rotatable bonds is 2. The number of hydrogen-bond acceptors (Lipinski definition) is 3. The maximum absolute atomic E-state index is 11.4. The fourth-order valence-electron chi connectivity index (χ4n) is 0.977. The highest BCUT2D eigenvalue weighted by Gasteiger charge is 2.12. The summed E-state index contributed by atoms with van der Waals surface area (Å²) in [7, 11) is -1.34. The maximum atomic E-state index is 11.4. The SMILES string of the molecule is C[N+](C)([O-])c1ccc(S(=O)(=O)O)cc1. The summed E-state index contributed by atoms with van der Waals surface area (Å²) in [5.74, 6) is 0. The fraction of sp³-hybridized carbons (Fsp3) is 0.250. The van der Waals surface area contributed by atoms with Gasteiger partial charge in [-0.1, -0.05) is 0 Å². The lowest BCUT2D eigenvalue weighted by molar-refractivity contribution is 0.483. The molecule has 0 aliphatic heterocycles. The van der Waals surface area contributed by atoms with Crippen LogP contribution in [0.3, 0.4) is 0 Å². The van der Waals surface area contributed by atoms with Gasteiger partial charge in [0.15, 0.2) is 0 Å². The predicted molar refractivity (Wildman–Crippen MR) is 53.3 cm³/mol. The molecule has 6 heteroatoms. The van der Waals surface area contributed by atoms with E-state index in [1.807, 2.05) is 0 Å². The monoisotopic (exact) mass is 217 g/mol. The molecule has 0 fully saturated rings. The molecular weight excluding hydrogens is 206 g/mol. The molecule has 0 atom stereocenters. The van der Waals surface area contributed by atoms with Crippen LogP contribution in [0.25, 0.3) is 0 Å². The molecule has 0 aliphatic carbocycles. The van der Waals surface area contributed by atoms with Gasteiger partial charge in [-0.15, -0.1) is 0 Å². The van der Waals surface area contributed by atoms with E-state index < -0.39 is 14.8 Å². The van der Waals surface area contributed by atoms with Crippen molar-refractivity contribution in [3.63, 3.8) is 0 Å². The molecule has 0 amide bonds. The van der Waals surface area contributed by atoms with Gasteiger partial charge < -0.3 is 9.85 Å². The summed E-state index contributed by atoms with van der Waals surface area (Å²) in [4.78, 5) is -0.213. The number of nitrogens with zero attached hydrogens (tertiary/aromatic N) is 1. The van der Waals surface area contributed by atoms with Crippen LogP contribution in [0.5, 0.6) is 0 Å². The normalized spacial score (nSPS) is 12.9. The van der Waals surface area contributed by atoms with Crippen molar-refractivity contribution in [2.24, 2.45) is 0 Å². The standard InChI is InChI=1S/C8H11NO4S/c1-9(2,10)7-3-5-8(6-4-7)14(11,12)13/h3-6H,1-2H3,(H,11,12,13). The van der Waals surface area contributed by atoms with Crippen molar-refractivity contribution in [1.82, 2.24) is 4.65 Å². The molecule has 5 nitrogen and oxygen atoms in total. The van der Waals surface area contributed by atoms with E-state index in [0.717, 1.165) is 0 Å². The van der Waals surface area contributed by atoms with Gasteiger partial charge in [-0.25, -0.2) is 0 Å². The molecule has 14 heavy (non-hydrogen) atoms. The van der Waals surface area contributed by atoms with Crippen LogP contribution in [0.2, 0.25) is 0 Å². The summed E-state index contributed by atoms with van der Waals surface area (Å²) >= 11 is 0. The Morgan fingerprint density at radius 2 is 1.64 bits per heavy atom. The molecule has 0 heterocycles. The highest BCUT2D eigenvalue weighted by atomic mass is 32.2. The van der Waals surface area contributed by atoms with Crippen LogP contribution in [0.15, 0.2) is 29.2 Å². The van der Waals surface area contributed by atoms with Crippen LogP contribution < -0.4 is 4.65 Å². The first-order valence-corrected chi connectivity index (χ1v) is 5.28. The van der Waals surface area contributed by atoms with E-state index in [2.05, 4.69) is 0 Å². The second-order valence-corrected chi connectivity index (χ2v) is 4.74. The minimum absolute atomic E-state index is 0.213. The average Bonchev–Trinajstić information content (AvgIpc) is 2.01. The zero-order valence-corrected chi connectivity index (χ0v) is 8.65. The molecule has 78 valence electrons. The minimum Gasteiger partial charge on any atom is -0.628 e. The Hall–Kier alpha value is -0.950. The first-order valence-electron chi connectivity index (χ1n) is 3.84. The average molecular weight is 217 g/mol. The van der Waals surface area contributed by atoms with Crippen LogP contribution in [0.4, 0.5) is 5.69 Å². The van der Waals surface area contributed by atoms with Crippen molar-refractivity contribution in [1.29, 1.82) is 0 Å². The van der Waals surface area contributed by atoms with E-state index in [-0.39, 0.29) is 4.90 Å². The summed E-state index contributed by atoms with van der Waals surface area (Å²) in [5.41, 5.74) is 0.414. The molecule has 0 saturated heterocycles. The number of hydroxylamine groups is 2. The third-order valence-corrected chi connectivity index (χ3v) is 2.62. The molecule has 1 N–H and O–H groups in total. The van der Waals surface area contributed by atoms with Crippen LogP contribution in [0, 0.1) is 5.21 Å². The van der Waals surface area contributed by atoms with Gasteiger partial charge in [0.25, 0.3) is 10.1 Å². The number of hydrogen-bond donors (Lipinski definition) is 1. The van der Waals surface area contributed by atoms with Crippen molar-refractivity contribution >= 4 is 15.8 Å². The van der Waals surface area contributed by atoms with Gasteiger partial charge >= 0.3 is 0 Å². The Morgan fingerprint density at radius 3 is 1.93 bits per heavy atom. The molecule has 0 saturated carbocycles. The van der Waals surface area contributed by atoms with Crippen LogP contribution >= 0.6 is 0 Å². The van der Waals surface area contributed by atoms with E-state index in [1.54, 1.807) is 0 Å². The highest BCUT2D eigenvalue weighted by Crippen LogP contribution is 2.19. The van der Waals surface area contributed by atoms with Gasteiger partial charge in [0.1, 0.15) is 5.69 Å². The van der Waals surface area contributed by atoms with Crippen LogP contribution in [-0.4, -0.2) is 27.1 Å². The van der Waals surface area contributed by atoms with Gasteiger partial charge in [-0.2, -0.15) is 8.42 Å². The van der Waals surface area contributed by atoms with Crippen molar-refractivity contribution in [2.75, 3.05) is 14.1 Å². The molecule has 1 aromatic rings. The molecule has 0 radical (unpaired) electrons. The Bertz CT molecular complexity index is 416. The predicted octanol–water partition coefficient (Wildman–Crippen LogP) is 0.998. The lowest BCUT2D eigenvalue weighted by Gasteiger charge is -2.32. The summed E-state index contributed by atoms with van der Waals surface area (Å²) < 4.78 is 29.4. The summed E-state index contributed by atoms with van der Waals surface area (Å²) in [6.45, 7) is 0. The molecule has 0 unspecified atom stereocenters. The third-order valence-electron chi connectivity index (χ3n) is 1.76. The molecule has 0 spiro atoms. The Kier molecular flexibility index (Phi) is 2.64. The van der Waals surface area contributed by atoms with Crippen LogP contribution in [0.1, 0.15) is 0 Å². The van der Waals surface area contributed by atoms with E-state index in [4.69, 9.17) is 4.55 Å². The largest absolute Gasteiger partial charge is 0.628 e. The molecule has 1 rings (SSSR count). The van der Waals surface area contributed by atoms with E-state index >= 15 is 0 Å². The molecule has 0 bridgehead atoms. The zero-order valence-electron chi connectivity index (χ0n) is 7.84. The van der Waals surface area contributed by atoms with Gasteiger partial charge in [0, 0.05) is 12.1 Å². The first-order chi connectivity index (χ1) is 6.21. The van der Waals surface area contributed by atoms with Gasteiger partial charge in [-0.05, 0) is 12.1 Å². The van der Waals surface area contributed by atoms with E-state index in [9.17, 15) is 13.6 Å². The third kappa shape index (κ3) is 2.52. The number of benzene rings is 1. The topological polar surface area (TPSA) is 77.4 Å². The van der Waals surface area contributed by atoms with Crippen molar-refractivity contribution in [3.05, 3.63) is 29.5 Å². The minimum atomic E-state index is -4.17. The molecular formula is C8H11NO4S. The second kappa shape index (κ2) is 3.32. The summed E-state index contributed by atoms with van der Waals surface area (Å²) in [5, 5.41) is 11.4. The quantitative estimate of drug-likeness (QED) is 0.455. The van der Waals surface area contributed by atoms with E-state index in [0.29, 0.717) is 5.69 Å². The Labute approximate surface area is 82.5 Å². The smallest absolute Gasteiger partial charge is 0.294 e. The lowest BCUT2D eigenvalue weighted by atomic mass is 10.3. The lowest BCUT2D eigenvalue weighted by Crippen LogP contribution is -2.32. The maximum Gasteiger partial charge on any atom is 0.294 e. The zero-order chi connectivity index (χ0) is 11.0. The van der Waals surface area contributed by atoms with Crippen molar-refractivity contribution in [2.45, 2.75) is 4.90 Å². The fourth-order valence-corrected chi connectivity index (χ4v) is 1.46. The molecule has 1 aromatic carbocycles. The summed E-state index contributed by atoms with van der Waals surface area (Å²) in [6.07, 6.45) is 0. The number of quaternary nitrogens is 1. The van der Waals surface area contributed by atoms with Crippen molar-refractivity contribution < 1.29 is 13.0 Å². The Morgan fingerprint density at radius 1 is 1.21 bits per heavy atom. The van der Waals surface area contributed by atoms with E-state index in [1.165, 1.54) is 38.4 Å². The molecule has 0 aliphatic rings.